The van der Waals surface area contributed by atoms with E-state index in [9.17, 15) is 14.4 Å². The van der Waals surface area contributed by atoms with Crippen molar-refractivity contribution in [2.75, 3.05) is 13.2 Å². The summed E-state index contributed by atoms with van der Waals surface area (Å²) in [7, 11) is 0. The van der Waals surface area contributed by atoms with Crippen molar-refractivity contribution < 1.29 is 28.6 Å². The van der Waals surface area contributed by atoms with Crippen LogP contribution >= 0.6 is 0 Å². The average molecular weight is 869 g/mol. The van der Waals surface area contributed by atoms with E-state index in [0.29, 0.717) is 19.3 Å². The second kappa shape index (κ2) is 51.0. The first-order chi connectivity index (χ1) is 30.5. The van der Waals surface area contributed by atoms with Gasteiger partial charge >= 0.3 is 17.9 Å². The highest BCUT2D eigenvalue weighted by atomic mass is 16.6. The summed E-state index contributed by atoms with van der Waals surface area (Å²) in [5.41, 5.74) is 0. The van der Waals surface area contributed by atoms with E-state index in [-0.39, 0.29) is 31.1 Å². The maximum Gasteiger partial charge on any atom is 0.306 e. The standard InChI is InChI=1S/C56H100O6/c1-4-7-10-13-16-19-22-24-26-27-28-30-31-34-37-40-43-46-49-55(58)61-52-53(51-60-54(57)48-45-42-39-36-33-21-18-15-12-9-6-3)62-56(59)50-47-44-41-38-35-32-29-25-23-20-17-14-11-8-5-2/h15,18-19,22,25-27,29,53H,4-14,16-17,20-21,23-24,28,30-52H2,1-3H3/b18-15-,22-19-,27-26-,29-25-. The molecule has 0 aliphatic heterocycles. The Morgan fingerprint density at radius 1 is 0.323 bits per heavy atom. The molecule has 0 aromatic carbocycles. The second-order valence-electron chi connectivity index (χ2n) is 17.8. The highest BCUT2D eigenvalue weighted by molar-refractivity contribution is 5.71. The molecule has 6 nitrogen and oxygen atoms in total. The minimum Gasteiger partial charge on any atom is -0.462 e. The van der Waals surface area contributed by atoms with Gasteiger partial charge in [-0.2, -0.15) is 0 Å². The van der Waals surface area contributed by atoms with Crippen LogP contribution in [0.4, 0.5) is 0 Å². The van der Waals surface area contributed by atoms with E-state index in [2.05, 4.69) is 69.4 Å². The van der Waals surface area contributed by atoms with Crippen LogP contribution in [-0.4, -0.2) is 37.2 Å². The maximum atomic E-state index is 12.8. The summed E-state index contributed by atoms with van der Waals surface area (Å²) in [4.78, 5) is 38.0. The molecule has 0 saturated heterocycles. The maximum absolute atomic E-state index is 12.8. The molecule has 62 heavy (non-hydrogen) atoms. The van der Waals surface area contributed by atoms with Gasteiger partial charge in [0.1, 0.15) is 13.2 Å². The van der Waals surface area contributed by atoms with Crippen LogP contribution in [0.15, 0.2) is 48.6 Å². The van der Waals surface area contributed by atoms with Crippen LogP contribution in [0.5, 0.6) is 0 Å². The molecule has 0 radical (unpaired) electrons. The van der Waals surface area contributed by atoms with Crippen molar-refractivity contribution in [1.29, 1.82) is 0 Å². The largest absolute Gasteiger partial charge is 0.462 e. The van der Waals surface area contributed by atoms with E-state index in [4.69, 9.17) is 14.2 Å². The summed E-state index contributed by atoms with van der Waals surface area (Å²) < 4.78 is 16.8. The fourth-order valence-electron chi connectivity index (χ4n) is 7.45. The van der Waals surface area contributed by atoms with E-state index in [1.807, 2.05) is 0 Å². The van der Waals surface area contributed by atoms with Gasteiger partial charge in [-0.25, -0.2) is 0 Å². The minimum absolute atomic E-state index is 0.0824. The second-order valence-corrected chi connectivity index (χ2v) is 17.8. The van der Waals surface area contributed by atoms with Gasteiger partial charge in [-0.15, -0.1) is 0 Å². The lowest BCUT2D eigenvalue weighted by molar-refractivity contribution is -0.167. The van der Waals surface area contributed by atoms with Gasteiger partial charge in [-0.3, -0.25) is 14.4 Å². The lowest BCUT2D eigenvalue weighted by Crippen LogP contribution is -2.30. The summed E-state index contributed by atoms with van der Waals surface area (Å²) in [6.07, 6.45) is 60.9. The molecule has 0 rings (SSSR count). The number of carbonyl (C=O) groups is 3. The number of unbranched alkanes of at least 4 members (excludes halogenated alkanes) is 29. The van der Waals surface area contributed by atoms with E-state index < -0.39 is 6.10 Å². The molecule has 0 heterocycles. The molecule has 1 atom stereocenters. The van der Waals surface area contributed by atoms with Crippen LogP contribution in [0.2, 0.25) is 0 Å². The summed E-state index contributed by atoms with van der Waals surface area (Å²) in [5.74, 6) is -0.901. The van der Waals surface area contributed by atoms with Gasteiger partial charge in [0.2, 0.25) is 0 Å². The predicted octanol–water partition coefficient (Wildman–Crippen LogP) is 17.5. The van der Waals surface area contributed by atoms with Gasteiger partial charge in [0, 0.05) is 19.3 Å². The van der Waals surface area contributed by atoms with E-state index >= 15 is 0 Å². The number of esters is 3. The van der Waals surface area contributed by atoms with Crippen molar-refractivity contribution in [2.45, 2.75) is 277 Å². The van der Waals surface area contributed by atoms with Gasteiger partial charge in [0.15, 0.2) is 6.10 Å². The third kappa shape index (κ3) is 48.4. The van der Waals surface area contributed by atoms with E-state index in [1.165, 1.54) is 141 Å². The fourth-order valence-corrected chi connectivity index (χ4v) is 7.45. The molecule has 0 bridgehead atoms. The number of hydrogen-bond donors (Lipinski definition) is 0. The third-order valence-corrected chi connectivity index (χ3v) is 11.5. The molecule has 360 valence electrons. The van der Waals surface area contributed by atoms with E-state index in [0.717, 1.165) is 89.9 Å². The number of allylic oxidation sites excluding steroid dienone is 8. The molecule has 0 fully saturated rings. The molecule has 0 amide bonds. The van der Waals surface area contributed by atoms with Crippen molar-refractivity contribution in [3.63, 3.8) is 0 Å². The van der Waals surface area contributed by atoms with Crippen LogP contribution in [0, 0.1) is 0 Å². The normalized spacial score (nSPS) is 12.4. The first-order valence-electron chi connectivity index (χ1n) is 26.6. The Morgan fingerprint density at radius 3 is 0.968 bits per heavy atom. The number of rotatable bonds is 48. The molecule has 0 spiro atoms. The minimum atomic E-state index is -0.782. The van der Waals surface area contributed by atoms with Crippen LogP contribution < -0.4 is 0 Å². The summed E-state index contributed by atoms with van der Waals surface area (Å²) >= 11 is 0. The number of ether oxygens (including phenoxy) is 3. The van der Waals surface area contributed by atoms with Gasteiger partial charge < -0.3 is 14.2 Å². The van der Waals surface area contributed by atoms with Crippen LogP contribution in [0.3, 0.4) is 0 Å². The zero-order chi connectivity index (χ0) is 45.1. The molecular formula is C56H100O6. The number of carbonyl (C=O) groups excluding carboxylic acids is 3. The monoisotopic (exact) mass is 869 g/mol. The van der Waals surface area contributed by atoms with Crippen LogP contribution in [-0.2, 0) is 28.6 Å². The highest BCUT2D eigenvalue weighted by Crippen LogP contribution is 2.14. The summed E-state index contributed by atoms with van der Waals surface area (Å²) in [6, 6.07) is 0. The lowest BCUT2D eigenvalue weighted by Gasteiger charge is -2.18. The Bertz CT molecular complexity index is 1090. The summed E-state index contributed by atoms with van der Waals surface area (Å²) in [5, 5.41) is 0. The molecule has 0 aromatic heterocycles. The van der Waals surface area contributed by atoms with Crippen LogP contribution in [0.1, 0.15) is 271 Å². The first kappa shape index (κ1) is 59.4. The van der Waals surface area contributed by atoms with Crippen molar-refractivity contribution in [1.82, 2.24) is 0 Å². The third-order valence-electron chi connectivity index (χ3n) is 11.5. The molecular weight excluding hydrogens is 769 g/mol. The highest BCUT2D eigenvalue weighted by Gasteiger charge is 2.19. The molecule has 6 heteroatoms. The molecule has 0 saturated carbocycles. The Morgan fingerprint density at radius 2 is 0.597 bits per heavy atom. The fraction of sp³-hybridized carbons (Fsp3) is 0.804. The van der Waals surface area contributed by atoms with Gasteiger partial charge in [0.05, 0.1) is 0 Å². The molecule has 1 unspecified atom stereocenters. The van der Waals surface area contributed by atoms with E-state index in [1.54, 1.807) is 0 Å². The van der Waals surface area contributed by atoms with Crippen molar-refractivity contribution in [3.05, 3.63) is 48.6 Å². The molecule has 0 N–H and O–H groups in total. The zero-order valence-electron chi connectivity index (χ0n) is 41.1. The molecule has 0 aliphatic carbocycles. The Kier molecular flexibility index (Phi) is 48.8. The number of hydrogen-bond acceptors (Lipinski definition) is 6. The van der Waals surface area contributed by atoms with Crippen LogP contribution in [0.25, 0.3) is 0 Å². The molecule has 0 aliphatic rings. The topological polar surface area (TPSA) is 78.9 Å². The quantitative estimate of drug-likeness (QED) is 0.0262. The van der Waals surface area contributed by atoms with Crippen molar-refractivity contribution >= 4 is 17.9 Å². The lowest BCUT2D eigenvalue weighted by atomic mass is 10.1. The first-order valence-corrected chi connectivity index (χ1v) is 26.6. The van der Waals surface area contributed by atoms with Gasteiger partial charge in [-0.1, -0.05) is 204 Å². The average Bonchev–Trinajstić information content (AvgIpc) is 3.27. The summed E-state index contributed by atoms with van der Waals surface area (Å²) in [6.45, 7) is 6.57. The van der Waals surface area contributed by atoms with Gasteiger partial charge in [-0.05, 0) is 96.3 Å². The Labute approximate surface area is 384 Å². The van der Waals surface area contributed by atoms with Crippen molar-refractivity contribution in [3.8, 4) is 0 Å². The molecule has 0 aromatic rings. The van der Waals surface area contributed by atoms with Gasteiger partial charge in [0.25, 0.3) is 0 Å². The zero-order valence-corrected chi connectivity index (χ0v) is 41.1. The Balaban J connectivity index is 4.36. The Hall–Kier alpha value is -2.63. The SMILES string of the molecule is CCCC/C=C\CCCCCCCC(=O)OCC(COC(=O)CCCCCCCCC/C=C\C/C=C\CCCCCC)OC(=O)CCCCCCC/C=C\CCCCCCCC. The predicted molar refractivity (Wildman–Crippen MR) is 265 cm³/mol. The van der Waals surface area contributed by atoms with Crippen molar-refractivity contribution in [2.24, 2.45) is 0 Å². The smallest absolute Gasteiger partial charge is 0.306 e.